The van der Waals surface area contributed by atoms with Gasteiger partial charge in [0.05, 0.1) is 12.7 Å². The zero-order chi connectivity index (χ0) is 20.9. The van der Waals surface area contributed by atoms with Crippen molar-refractivity contribution in [3.63, 3.8) is 0 Å². The summed E-state index contributed by atoms with van der Waals surface area (Å²) in [4.78, 5) is 2.29. The topological polar surface area (TPSA) is 32.7 Å². The van der Waals surface area contributed by atoms with Crippen LogP contribution in [0.3, 0.4) is 0 Å². The molecule has 0 saturated carbocycles. The Bertz CT molecular complexity index is 914. The van der Waals surface area contributed by atoms with E-state index in [0.717, 1.165) is 30.6 Å². The van der Waals surface area contributed by atoms with Gasteiger partial charge in [0.25, 0.3) is 0 Å². The van der Waals surface area contributed by atoms with Crippen LogP contribution in [0.15, 0.2) is 72.8 Å². The Hall–Kier alpha value is -1.88. The summed E-state index contributed by atoms with van der Waals surface area (Å²) in [5, 5.41) is 12.0. The van der Waals surface area contributed by atoms with E-state index in [1.54, 1.807) is 0 Å². The number of benzene rings is 3. The van der Waals surface area contributed by atoms with Crippen LogP contribution in [0.5, 0.6) is 0 Å². The summed E-state index contributed by atoms with van der Waals surface area (Å²) >= 11 is 12.1. The lowest BCUT2D eigenvalue weighted by atomic mass is 10.00. The van der Waals surface area contributed by atoms with E-state index >= 15 is 0 Å². The second kappa shape index (κ2) is 9.95. The quantitative estimate of drug-likeness (QED) is 0.523. The third kappa shape index (κ3) is 5.42. The minimum atomic E-state index is -0.572. The molecule has 1 aliphatic rings. The minimum absolute atomic E-state index is 0.244. The zero-order valence-corrected chi connectivity index (χ0v) is 18.2. The molecule has 3 aromatic carbocycles. The van der Waals surface area contributed by atoms with Crippen LogP contribution in [0.1, 0.15) is 28.4 Å². The molecule has 30 heavy (non-hydrogen) atoms. The average molecular weight is 442 g/mol. The molecule has 0 fully saturated rings. The molecule has 0 unspecified atom stereocenters. The smallest absolute Gasteiger partial charge is 0.108 e. The molecule has 3 nitrogen and oxygen atoms in total. The van der Waals surface area contributed by atoms with E-state index in [1.165, 1.54) is 11.1 Å². The van der Waals surface area contributed by atoms with Gasteiger partial charge in [-0.1, -0.05) is 71.7 Å². The number of aliphatic hydroxyl groups is 1. The Morgan fingerprint density at radius 1 is 0.833 bits per heavy atom. The first-order chi connectivity index (χ1) is 14.6. The third-order valence-corrected chi connectivity index (χ3v) is 5.98. The first-order valence-corrected chi connectivity index (χ1v) is 10.9. The number of fused-ring (bicyclic) bond motifs is 1. The maximum atomic E-state index is 10.7. The summed E-state index contributed by atoms with van der Waals surface area (Å²) in [6.07, 6.45) is 0.149. The highest BCUT2D eigenvalue weighted by atomic mass is 35.5. The summed E-state index contributed by atoms with van der Waals surface area (Å²) in [6.45, 7) is 2.65. The monoisotopic (exact) mass is 441 g/mol. The predicted octanol–water partition coefficient (Wildman–Crippen LogP) is 5.52. The van der Waals surface area contributed by atoms with Crippen LogP contribution < -0.4 is 0 Å². The normalized spacial score (nSPS) is 15.2. The van der Waals surface area contributed by atoms with Gasteiger partial charge in [0.1, 0.15) is 6.10 Å². The largest absolute Gasteiger partial charge is 0.389 e. The van der Waals surface area contributed by atoms with Crippen molar-refractivity contribution in [2.75, 3.05) is 19.7 Å². The maximum Gasteiger partial charge on any atom is 0.108 e. The molecule has 1 aliphatic heterocycles. The van der Waals surface area contributed by atoms with Crippen molar-refractivity contribution in [1.82, 2.24) is 4.90 Å². The molecule has 1 atom stereocenters. The number of aliphatic hydroxyl groups excluding tert-OH is 1. The van der Waals surface area contributed by atoms with Gasteiger partial charge in [-0.15, -0.1) is 0 Å². The molecule has 0 saturated heterocycles. The summed E-state index contributed by atoms with van der Waals surface area (Å²) in [5.74, 6) is 0. The van der Waals surface area contributed by atoms with Gasteiger partial charge in [0, 0.05) is 29.7 Å². The molecule has 1 heterocycles. The van der Waals surface area contributed by atoms with Crippen molar-refractivity contribution in [1.29, 1.82) is 0 Å². The fourth-order valence-corrected chi connectivity index (χ4v) is 4.18. The molecule has 0 aromatic heterocycles. The van der Waals surface area contributed by atoms with Crippen molar-refractivity contribution in [2.45, 2.75) is 25.2 Å². The average Bonchev–Trinajstić information content (AvgIpc) is 2.76. The summed E-state index contributed by atoms with van der Waals surface area (Å²) < 4.78 is 6.20. The van der Waals surface area contributed by atoms with Gasteiger partial charge >= 0.3 is 0 Å². The van der Waals surface area contributed by atoms with Gasteiger partial charge in [-0.2, -0.15) is 0 Å². The number of hydrogen-bond donors (Lipinski definition) is 1. The number of rotatable bonds is 7. The van der Waals surface area contributed by atoms with E-state index in [0.29, 0.717) is 16.6 Å². The van der Waals surface area contributed by atoms with Gasteiger partial charge in [-0.3, -0.25) is 4.90 Å². The Balaban J connectivity index is 1.40. The highest BCUT2D eigenvalue weighted by Gasteiger charge is 2.21. The van der Waals surface area contributed by atoms with Crippen LogP contribution in [0.25, 0.3) is 0 Å². The van der Waals surface area contributed by atoms with E-state index in [9.17, 15) is 5.11 Å². The first kappa shape index (κ1) is 21.4. The molecular weight excluding hydrogens is 417 g/mol. The van der Waals surface area contributed by atoms with Gasteiger partial charge in [-0.25, -0.2) is 0 Å². The molecule has 3 aromatic rings. The molecular formula is C25H25Cl2NO2. The van der Waals surface area contributed by atoms with Crippen LogP contribution >= 0.6 is 23.2 Å². The standard InChI is InChI=1S/C25H25Cl2NO2/c26-22-9-5-19(6-10-22)25(20-7-11-23(27)12-8-20)30-17-24(29)16-28-14-13-18-3-1-2-4-21(18)15-28/h1-12,24-25,29H,13-17H2/t24-/m0/s1. The number of ether oxygens (including phenoxy) is 1. The molecule has 0 radical (unpaired) electrons. The van der Waals surface area contributed by atoms with Crippen LogP contribution in [0, 0.1) is 0 Å². The van der Waals surface area contributed by atoms with E-state index in [4.69, 9.17) is 27.9 Å². The highest BCUT2D eigenvalue weighted by Crippen LogP contribution is 2.28. The lowest BCUT2D eigenvalue weighted by Gasteiger charge is -2.30. The summed E-state index contributed by atoms with van der Waals surface area (Å²) in [7, 11) is 0. The molecule has 0 bridgehead atoms. The highest BCUT2D eigenvalue weighted by molar-refractivity contribution is 6.30. The summed E-state index contributed by atoms with van der Waals surface area (Å²) in [6, 6.07) is 23.7. The van der Waals surface area contributed by atoms with E-state index in [1.807, 2.05) is 48.5 Å². The molecule has 5 heteroatoms. The zero-order valence-electron chi connectivity index (χ0n) is 16.7. The summed E-state index contributed by atoms with van der Waals surface area (Å²) in [5.41, 5.74) is 4.73. The fraction of sp³-hybridized carbons (Fsp3) is 0.280. The minimum Gasteiger partial charge on any atom is -0.389 e. The second-order valence-electron chi connectivity index (χ2n) is 7.72. The van der Waals surface area contributed by atoms with Gasteiger partial charge in [0.15, 0.2) is 0 Å². The SMILES string of the molecule is O[C@H](COC(c1ccc(Cl)cc1)c1ccc(Cl)cc1)CN1CCc2ccccc2C1. The number of hydrogen-bond acceptors (Lipinski definition) is 3. The second-order valence-corrected chi connectivity index (χ2v) is 8.60. The van der Waals surface area contributed by atoms with Gasteiger partial charge in [-0.05, 0) is 52.9 Å². The van der Waals surface area contributed by atoms with Crippen molar-refractivity contribution < 1.29 is 9.84 Å². The maximum absolute atomic E-state index is 10.7. The fourth-order valence-electron chi connectivity index (χ4n) is 3.93. The molecule has 4 rings (SSSR count). The van der Waals surface area contributed by atoms with Crippen LogP contribution in [0.4, 0.5) is 0 Å². The molecule has 1 N–H and O–H groups in total. The molecule has 0 aliphatic carbocycles. The van der Waals surface area contributed by atoms with E-state index in [-0.39, 0.29) is 12.7 Å². The Morgan fingerprint density at radius 3 is 2.00 bits per heavy atom. The molecule has 0 amide bonds. The van der Waals surface area contributed by atoms with E-state index < -0.39 is 6.10 Å². The number of halogens is 2. The Morgan fingerprint density at radius 2 is 1.40 bits per heavy atom. The lowest BCUT2D eigenvalue weighted by Crippen LogP contribution is -2.38. The Labute approximate surface area is 187 Å². The molecule has 156 valence electrons. The number of β-amino-alcohol motifs (C(OH)–C–C–N with tert-alkyl or cyclic N) is 1. The third-order valence-electron chi connectivity index (χ3n) is 5.48. The predicted molar refractivity (Wildman–Crippen MR) is 122 cm³/mol. The van der Waals surface area contributed by atoms with Crippen molar-refractivity contribution >= 4 is 23.2 Å². The lowest BCUT2D eigenvalue weighted by molar-refractivity contribution is -0.0100. The van der Waals surface area contributed by atoms with E-state index in [2.05, 4.69) is 29.2 Å². The van der Waals surface area contributed by atoms with Gasteiger partial charge < -0.3 is 9.84 Å². The van der Waals surface area contributed by atoms with Crippen molar-refractivity contribution in [3.8, 4) is 0 Å². The molecule has 0 spiro atoms. The van der Waals surface area contributed by atoms with Crippen LogP contribution in [-0.4, -0.2) is 35.8 Å². The van der Waals surface area contributed by atoms with Crippen LogP contribution in [0.2, 0.25) is 10.0 Å². The first-order valence-electron chi connectivity index (χ1n) is 10.2. The van der Waals surface area contributed by atoms with Crippen molar-refractivity contribution in [2.24, 2.45) is 0 Å². The van der Waals surface area contributed by atoms with Gasteiger partial charge in [0.2, 0.25) is 0 Å². The van der Waals surface area contributed by atoms with Crippen molar-refractivity contribution in [3.05, 3.63) is 105 Å². The Kier molecular flexibility index (Phi) is 7.08. The van der Waals surface area contributed by atoms with Crippen LogP contribution in [-0.2, 0) is 17.7 Å². The number of nitrogens with zero attached hydrogens (tertiary/aromatic N) is 1.